The average Bonchev–Trinajstić information content (AvgIpc) is 2.74. The molecule has 0 aliphatic carbocycles. The maximum Gasteiger partial charge on any atom is 0.418 e. The number of esters is 1. The van der Waals surface area contributed by atoms with Gasteiger partial charge in [-0.3, -0.25) is 9.59 Å². The van der Waals surface area contributed by atoms with E-state index in [4.69, 9.17) is 16.3 Å². The van der Waals surface area contributed by atoms with Gasteiger partial charge in [0.25, 0.3) is 11.5 Å². The number of halogens is 4. The third kappa shape index (κ3) is 5.08. The molecule has 3 rings (SSSR count). The lowest BCUT2D eigenvalue weighted by Crippen LogP contribution is -2.28. The number of rotatable bonds is 6. The summed E-state index contributed by atoms with van der Waals surface area (Å²) in [6, 6.07) is 9.15. The van der Waals surface area contributed by atoms with Crippen molar-refractivity contribution < 1.29 is 27.5 Å². The van der Waals surface area contributed by atoms with Gasteiger partial charge in [-0.15, -0.1) is 0 Å². The van der Waals surface area contributed by atoms with Crippen LogP contribution in [0.3, 0.4) is 0 Å². The molecule has 1 amide bonds. The maximum absolute atomic E-state index is 13.2. The number of alkyl halides is 3. The molecule has 1 heterocycles. The van der Waals surface area contributed by atoms with Crippen LogP contribution in [0.5, 0.6) is 0 Å². The number of nitrogens with zero attached hydrogens (tertiary/aromatic N) is 2. The molecule has 1 N–H and O–H groups in total. The van der Waals surface area contributed by atoms with Gasteiger partial charge in [-0.05, 0) is 30.7 Å². The lowest BCUT2D eigenvalue weighted by atomic mass is 10.1. The van der Waals surface area contributed by atoms with E-state index in [1.807, 2.05) is 6.92 Å². The number of benzene rings is 2. The monoisotopic (exact) mass is 467 g/mol. The summed E-state index contributed by atoms with van der Waals surface area (Å²) < 4.78 is 45.6. The van der Waals surface area contributed by atoms with Crippen LogP contribution in [0.15, 0.2) is 47.3 Å². The van der Waals surface area contributed by atoms with Crippen LogP contribution in [0.25, 0.3) is 10.8 Å². The lowest BCUT2D eigenvalue weighted by molar-refractivity contribution is -0.137. The first-order valence-corrected chi connectivity index (χ1v) is 9.83. The summed E-state index contributed by atoms with van der Waals surface area (Å²) in [5.41, 5.74) is -2.21. The fourth-order valence-corrected chi connectivity index (χ4v) is 3.17. The van der Waals surface area contributed by atoms with E-state index in [0.29, 0.717) is 12.5 Å². The molecule has 0 aliphatic heterocycles. The summed E-state index contributed by atoms with van der Waals surface area (Å²) in [4.78, 5) is 37.2. The Hall–Kier alpha value is -3.40. The molecule has 0 saturated carbocycles. The zero-order chi connectivity index (χ0) is 23.5. The van der Waals surface area contributed by atoms with E-state index in [2.05, 4.69) is 10.4 Å². The average molecular weight is 468 g/mol. The second-order valence-electron chi connectivity index (χ2n) is 6.73. The van der Waals surface area contributed by atoms with Gasteiger partial charge >= 0.3 is 12.1 Å². The Balaban J connectivity index is 1.80. The molecule has 0 unspecified atom stereocenters. The van der Waals surface area contributed by atoms with Crippen molar-refractivity contribution in [2.24, 2.45) is 0 Å². The van der Waals surface area contributed by atoms with Crippen LogP contribution >= 0.6 is 11.6 Å². The van der Waals surface area contributed by atoms with E-state index in [0.717, 1.165) is 10.7 Å². The van der Waals surface area contributed by atoms with Gasteiger partial charge in [0.1, 0.15) is 0 Å². The molecule has 0 aliphatic rings. The largest absolute Gasteiger partial charge is 0.451 e. The van der Waals surface area contributed by atoms with Crippen LogP contribution in [0.2, 0.25) is 5.02 Å². The highest BCUT2D eigenvalue weighted by atomic mass is 35.5. The zero-order valence-corrected chi connectivity index (χ0v) is 17.5. The SMILES string of the molecule is CCCn1nc(C(=O)OCC(=O)Nc2ccc(Cl)cc2C(F)(F)F)c2ccccc2c1=O. The molecule has 0 spiro atoms. The number of carbonyl (C=O) groups excluding carboxylic acids is 2. The second-order valence-corrected chi connectivity index (χ2v) is 7.17. The van der Waals surface area contributed by atoms with Crippen molar-refractivity contribution >= 4 is 39.9 Å². The van der Waals surface area contributed by atoms with Crippen molar-refractivity contribution in [3.05, 3.63) is 69.1 Å². The van der Waals surface area contributed by atoms with Gasteiger partial charge in [0, 0.05) is 17.0 Å². The molecule has 0 radical (unpaired) electrons. The summed E-state index contributed by atoms with van der Waals surface area (Å²) in [5, 5.41) is 6.45. The summed E-state index contributed by atoms with van der Waals surface area (Å²) in [7, 11) is 0. The van der Waals surface area contributed by atoms with E-state index >= 15 is 0 Å². The molecule has 11 heteroatoms. The van der Waals surface area contributed by atoms with Gasteiger partial charge in [0.05, 0.1) is 16.6 Å². The number of aromatic nitrogens is 2. The number of hydrogen-bond donors (Lipinski definition) is 1. The molecule has 0 bridgehead atoms. The summed E-state index contributed by atoms with van der Waals surface area (Å²) in [6.45, 7) is 1.24. The topological polar surface area (TPSA) is 90.3 Å². The van der Waals surface area contributed by atoms with Crippen molar-refractivity contribution in [3.63, 3.8) is 0 Å². The molecule has 0 atom stereocenters. The predicted octanol–water partition coefficient (Wildman–Crippen LogP) is 4.27. The molecule has 1 aromatic heterocycles. The van der Waals surface area contributed by atoms with Gasteiger partial charge in [0.15, 0.2) is 12.3 Å². The number of hydrogen-bond acceptors (Lipinski definition) is 5. The first-order valence-electron chi connectivity index (χ1n) is 9.45. The summed E-state index contributed by atoms with van der Waals surface area (Å²) in [5.74, 6) is -1.98. The molecule has 0 fully saturated rings. The van der Waals surface area contributed by atoms with E-state index < -0.39 is 35.9 Å². The fraction of sp³-hybridized carbons (Fsp3) is 0.238. The maximum atomic E-state index is 13.2. The number of nitrogens with one attached hydrogen (secondary N) is 1. The molecular formula is C21H17ClF3N3O4. The molecule has 3 aromatic rings. The third-order valence-corrected chi connectivity index (χ3v) is 4.63. The minimum Gasteiger partial charge on any atom is -0.451 e. The first kappa shape index (κ1) is 23.3. The first-order chi connectivity index (χ1) is 15.1. The van der Waals surface area contributed by atoms with E-state index in [9.17, 15) is 27.6 Å². The number of anilines is 1. The number of amides is 1. The van der Waals surface area contributed by atoms with Gasteiger partial charge in [-0.2, -0.15) is 18.3 Å². The second kappa shape index (κ2) is 9.39. The molecule has 32 heavy (non-hydrogen) atoms. The molecule has 2 aromatic carbocycles. The Morgan fingerprint density at radius 3 is 2.50 bits per heavy atom. The standard InChI is InChI=1S/C21H17ClF3N3O4/c1-2-9-28-19(30)14-6-4-3-5-13(14)18(27-28)20(31)32-11-17(29)26-16-8-7-12(22)10-15(16)21(23,24)25/h3-8,10H,2,9,11H2,1H3,(H,26,29). The van der Waals surface area contributed by atoms with E-state index in [-0.39, 0.29) is 33.6 Å². The van der Waals surface area contributed by atoms with Crippen molar-refractivity contribution in [2.45, 2.75) is 26.1 Å². The van der Waals surface area contributed by atoms with Gasteiger partial charge < -0.3 is 10.1 Å². The normalized spacial score (nSPS) is 11.4. The van der Waals surface area contributed by atoms with Crippen LogP contribution in [-0.2, 0) is 22.3 Å². The Morgan fingerprint density at radius 1 is 1.16 bits per heavy atom. The zero-order valence-electron chi connectivity index (χ0n) is 16.7. The Bertz CT molecular complexity index is 1240. The van der Waals surface area contributed by atoms with Crippen molar-refractivity contribution in [3.8, 4) is 0 Å². The molecule has 7 nitrogen and oxygen atoms in total. The van der Waals surface area contributed by atoms with Crippen molar-refractivity contribution in [1.82, 2.24) is 9.78 Å². The fourth-order valence-electron chi connectivity index (χ4n) is 3.00. The van der Waals surface area contributed by atoms with E-state index in [1.165, 1.54) is 18.2 Å². The molecule has 168 valence electrons. The van der Waals surface area contributed by atoms with Crippen LogP contribution < -0.4 is 10.9 Å². The Kier molecular flexibility index (Phi) is 6.83. The lowest BCUT2D eigenvalue weighted by Gasteiger charge is -2.14. The van der Waals surface area contributed by atoms with Gasteiger partial charge in [-0.25, -0.2) is 9.48 Å². The van der Waals surface area contributed by atoms with Crippen molar-refractivity contribution in [1.29, 1.82) is 0 Å². The predicted molar refractivity (Wildman–Crippen MR) is 112 cm³/mol. The highest BCUT2D eigenvalue weighted by Gasteiger charge is 2.34. The van der Waals surface area contributed by atoms with Crippen LogP contribution in [-0.4, -0.2) is 28.3 Å². The number of fused-ring (bicyclic) bond motifs is 1. The number of carbonyl (C=O) groups is 2. The smallest absolute Gasteiger partial charge is 0.418 e. The number of aryl methyl sites for hydroxylation is 1. The van der Waals surface area contributed by atoms with Crippen molar-refractivity contribution in [2.75, 3.05) is 11.9 Å². The number of ether oxygens (including phenoxy) is 1. The third-order valence-electron chi connectivity index (χ3n) is 4.39. The minimum absolute atomic E-state index is 0.151. The van der Waals surface area contributed by atoms with Crippen LogP contribution in [0.4, 0.5) is 18.9 Å². The van der Waals surface area contributed by atoms with Crippen LogP contribution in [0, 0.1) is 0 Å². The molecule has 0 saturated heterocycles. The quantitative estimate of drug-likeness (QED) is 0.547. The Labute approximate surface area is 184 Å². The molecular weight excluding hydrogens is 451 g/mol. The van der Waals surface area contributed by atoms with Gasteiger partial charge in [0.2, 0.25) is 0 Å². The van der Waals surface area contributed by atoms with Crippen LogP contribution in [0.1, 0.15) is 29.4 Å². The minimum atomic E-state index is -4.75. The Morgan fingerprint density at radius 2 is 1.84 bits per heavy atom. The summed E-state index contributed by atoms with van der Waals surface area (Å²) in [6.07, 6.45) is -4.16. The van der Waals surface area contributed by atoms with E-state index in [1.54, 1.807) is 12.1 Å². The van der Waals surface area contributed by atoms with Gasteiger partial charge in [-0.1, -0.05) is 36.7 Å². The highest BCUT2D eigenvalue weighted by molar-refractivity contribution is 6.30. The highest BCUT2D eigenvalue weighted by Crippen LogP contribution is 2.36. The summed E-state index contributed by atoms with van der Waals surface area (Å²) >= 11 is 5.61.